The van der Waals surface area contributed by atoms with Gasteiger partial charge < -0.3 is 0 Å². The Morgan fingerprint density at radius 2 is 1.79 bits per heavy atom. The molecule has 0 aromatic carbocycles. The van der Waals surface area contributed by atoms with Crippen molar-refractivity contribution in [3.8, 4) is 0 Å². The predicted molar refractivity (Wildman–Crippen MR) is 126 cm³/mol. The van der Waals surface area contributed by atoms with Crippen molar-refractivity contribution in [1.82, 2.24) is 0 Å². The minimum Gasteiger partial charge on any atom is -0.0887 e. The first kappa shape index (κ1) is 21.5. The Morgan fingerprint density at radius 1 is 1.00 bits per heavy atom. The second-order valence-corrected chi connectivity index (χ2v) is 13.4. The summed E-state index contributed by atoms with van der Waals surface area (Å²) in [5.74, 6) is 5.74. The van der Waals surface area contributed by atoms with Gasteiger partial charge in [-0.05, 0) is 97.7 Å². The molecule has 0 heterocycles. The number of hydrogen-bond acceptors (Lipinski definition) is 0. The molecular weight excluding hydrogens is 404 g/mol. The van der Waals surface area contributed by atoms with Gasteiger partial charge in [0.05, 0.1) is 0 Å². The van der Waals surface area contributed by atoms with Crippen molar-refractivity contribution in [2.45, 2.75) is 110 Å². The standard InChI is InChI=1S/C27H45Br/c1-18(2)7-6-8-19(3)23-11-12-24-22-10-9-20-17-21(28)13-15-26(20,4)25(22)14-16-27(23,24)5/h9,18-19,21-25H,6-8,10-17H2,1-5H3/t19-,21-,22-,23+,24-,25-,26-,27+/m0/s1. The van der Waals surface area contributed by atoms with Crippen LogP contribution in [0.5, 0.6) is 0 Å². The summed E-state index contributed by atoms with van der Waals surface area (Å²) in [5.41, 5.74) is 2.98. The summed E-state index contributed by atoms with van der Waals surface area (Å²) in [7, 11) is 0. The van der Waals surface area contributed by atoms with Gasteiger partial charge in [-0.2, -0.15) is 0 Å². The third-order valence-corrected chi connectivity index (χ3v) is 11.0. The van der Waals surface area contributed by atoms with E-state index in [0.29, 0.717) is 10.8 Å². The Balaban J connectivity index is 1.49. The quantitative estimate of drug-likeness (QED) is 0.291. The fourth-order valence-electron chi connectivity index (χ4n) is 8.64. The Kier molecular flexibility index (Phi) is 6.17. The molecule has 0 aromatic heterocycles. The molecule has 4 aliphatic carbocycles. The Hall–Kier alpha value is 0.220. The summed E-state index contributed by atoms with van der Waals surface area (Å²) >= 11 is 3.93. The monoisotopic (exact) mass is 448 g/mol. The van der Waals surface area contributed by atoms with E-state index in [1.807, 2.05) is 5.57 Å². The van der Waals surface area contributed by atoms with Crippen LogP contribution in [0.25, 0.3) is 0 Å². The van der Waals surface area contributed by atoms with Crippen LogP contribution in [-0.2, 0) is 0 Å². The number of hydrogen-bond donors (Lipinski definition) is 0. The fourth-order valence-corrected chi connectivity index (χ4v) is 9.22. The van der Waals surface area contributed by atoms with Crippen LogP contribution in [0, 0.1) is 46.3 Å². The summed E-state index contributed by atoms with van der Waals surface area (Å²) in [4.78, 5) is 0.736. The van der Waals surface area contributed by atoms with Gasteiger partial charge in [0.25, 0.3) is 0 Å². The van der Waals surface area contributed by atoms with Crippen LogP contribution in [-0.4, -0.2) is 4.83 Å². The fraction of sp³-hybridized carbons (Fsp3) is 0.926. The molecule has 1 heteroatoms. The first-order valence-electron chi connectivity index (χ1n) is 12.6. The van der Waals surface area contributed by atoms with Gasteiger partial charge >= 0.3 is 0 Å². The highest BCUT2D eigenvalue weighted by atomic mass is 79.9. The van der Waals surface area contributed by atoms with Crippen LogP contribution in [0.15, 0.2) is 11.6 Å². The smallest absolute Gasteiger partial charge is 0.0183 e. The van der Waals surface area contributed by atoms with E-state index in [-0.39, 0.29) is 0 Å². The molecule has 3 fully saturated rings. The van der Waals surface area contributed by atoms with Crippen molar-refractivity contribution < 1.29 is 0 Å². The summed E-state index contributed by atoms with van der Waals surface area (Å²) in [6, 6.07) is 0. The molecule has 28 heavy (non-hydrogen) atoms. The molecule has 0 radical (unpaired) electrons. The molecule has 8 atom stereocenters. The zero-order valence-electron chi connectivity index (χ0n) is 19.3. The normalized spacial score (nSPS) is 46.5. The minimum atomic E-state index is 0.523. The lowest BCUT2D eigenvalue weighted by Gasteiger charge is -2.58. The van der Waals surface area contributed by atoms with E-state index < -0.39 is 0 Å². The maximum atomic E-state index is 3.93. The number of rotatable bonds is 5. The highest BCUT2D eigenvalue weighted by Crippen LogP contribution is 2.67. The molecule has 4 aliphatic rings. The first-order valence-corrected chi connectivity index (χ1v) is 13.5. The van der Waals surface area contributed by atoms with Crippen molar-refractivity contribution in [3.63, 3.8) is 0 Å². The molecule has 4 rings (SSSR count). The van der Waals surface area contributed by atoms with E-state index in [2.05, 4.69) is 56.6 Å². The zero-order chi connectivity index (χ0) is 20.1. The van der Waals surface area contributed by atoms with E-state index in [1.165, 1.54) is 70.6 Å². The van der Waals surface area contributed by atoms with Gasteiger partial charge in [-0.15, -0.1) is 0 Å². The van der Waals surface area contributed by atoms with Crippen LogP contribution in [0.1, 0.15) is 105 Å². The van der Waals surface area contributed by atoms with Gasteiger partial charge in [-0.1, -0.05) is 81.5 Å². The maximum Gasteiger partial charge on any atom is 0.0183 e. The molecule has 0 aliphatic heterocycles. The van der Waals surface area contributed by atoms with Crippen LogP contribution in [0.2, 0.25) is 0 Å². The third-order valence-electron chi connectivity index (χ3n) is 10.2. The summed E-state index contributed by atoms with van der Waals surface area (Å²) in [6.07, 6.45) is 18.6. The van der Waals surface area contributed by atoms with Crippen molar-refractivity contribution in [2.75, 3.05) is 0 Å². The molecule has 0 amide bonds. The van der Waals surface area contributed by atoms with Crippen molar-refractivity contribution in [2.24, 2.45) is 46.3 Å². The van der Waals surface area contributed by atoms with Gasteiger partial charge in [-0.3, -0.25) is 0 Å². The molecular formula is C27H45Br. The van der Waals surface area contributed by atoms with Crippen LogP contribution in [0.4, 0.5) is 0 Å². The highest BCUT2D eigenvalue weighted by Gasteiger charge is 2.58. The van der Waals surface area contributed by atoms with Crippen LogP contribution >= 0.6 is 15.9 Å². The van der Waals surface area contributed by atoms with Crippen LogP contribution in [0.3, 0.4) is 0 Å². The van der Waals surface area contributed by atoms with Gasteiger partial charge in [0, 0.05) is 4.83 Å². The molecule has 0 unspecified atom stereocenters. The van der Waals surface area contributed by atoms with Crippen molar-refractivity contribution >= 4 is 15.9 Å². The Morgan fingerprint density at radius 3 is 2.54 bits per heavy atom. The minimum absolute atomic E-state index is 0.523. The number of alkyl halides is 1. The first-order chi connectivity index (χ1) is 13.3. The number of allylic oxidation sites excluding steroid dienone is 2. The summed E-state index contributed by atoms with van der Waals surface area (Å²) in [5, 5.41) is 0. The second kappa shape index (κ2) is 8.05. The van der Waals surface area contributed by atoms with Gasteiger partial charge in [0.1, 0.15) is 0 Å². The molecule has 0 bridgehead atoms. The third kappa shape index (κ3) is 3.58. The lowest BCUT2D eigenvalue weighted by atomic mass is 9.47. The Labute approximate surface area is 183 Å². The van der Waals surface area contributed by atoms with Crippen LogP contribution < -0.4 is 0 Å². The zero-order valence-corrected chi connectivity index (χ0v) is 20.9. The maximum absolute atomic E-state index is 3.93. The largest absolute Gasteiger partial charge is 0.0887 e. The molecule has 0 saturated heterocycles. The summed E-state index contributed by atoms with van der Waals surface area (Å²) < 4.78 is 0. The topological polar surface area (TPSA) is 0 Å². The number of fused-ring (bicyclic) bond motifs is 5. The van der Waals surface area contributed by atoms with Crippen molar-refractivity contribution in [3.05, 3.63) is 11.6 Å². The lowest BCUT2D eigenvalue weighted by Crippen LogP contribution is -2.50. The van der Waals surface area contributed by atoms with Gasteiger partial charge in [0.2, 0.25) is 0 Å². The second-order valence-electron chi connectivity index (χ2n) is 12.1. The molecule has 3 saturated carbocycles. The lowest BCUT2D eigenvalue weighted by molar-refractivity contribution is -0.0496. The van der Waals surface area contributed by atoms with E-state index in [1.54, 1.807) is 0 Å². The average Bonchev–Trinajstić information content (AvgIpc) is 2.99. The van der Waals surface area contributed by atoms with E-state index in [4.69, 9.17) is 0 Å². The predicted octanol–water partition coefficient (Wildman–Crippen LogP) is 8.79. The highest BCUT2D eigenvalue weighted by molar-refractivity contribution is 9.09. The summed E-state index contributed by atoms with van der Waals surface area (Å²) in [6.45, 7) is 12.7. The van der Waals surface area contributed by atoms with E-state index in [0.717, 1.165) is 40.3 Å². The van der Waals surface area contributed by atoms with E-state index >= 15 is 0 Å². The van der Waals surface area contributed by atoms with Gasteiger partial charge in [0.15, 0.2) is 0 Å². The van der Waals surface area contributed by atoms with Gasteiger partial charge in [-0.25, -0.2) is 0 Å². The van der Waals surface area contributed by atoms with E-state index in [9.17, 15) is 0 Å². The Bertz CT molecular complexity index is 591. The average molecular weight is 450 g/mol. The molecule has 0 spiro atoms. The van der Waals surface area contributed by atoms with Crippen molar-refractivity contribution in [1.29, 1.82) is 0 Å². The molecule has 160 valence electrons. The number of halogens is 1. The molecule has 0 N–H and O–H groups in total. The SMILES string of the molecule is CC(C)CCC[C@H](C)[C@H]1CC[C@H]2[C@@H]3CC=C4C[C@@H](Br)CC[C@]4(C)[C@H]3CC[C@]12C. The molecule has 0 nitrogen and oxygen atoms in total. The molecule has 0 aromatic rings.